The minimum atomic E-state index is -1.86. The third-order valence-corrected chi connectivity index (χ3v) is 3.49. The summed E-state index contributed by atoms with van der Waals surface area (Å²) in [6, 6.07) is 1.96. The van der Waals surface area contributed by atoms with E-state index in [1.54, 1.807) is 6.92 Å². The molecule has 0 radical (unpaired) electrons. The summed E-state index contributed by atoms with van der Waals surface area (Å²) in [7, 11) is -1.86. The summed E-state index contributed by atoms with van der Waals surface area (Å²) in [5.41, 5.74) is 1.76. The third-order valence-electron chi connectivity index (χ3n) is 2.62. The number of nitro groups is 1. The highest BCUT2D eigenvalue weighted by Crippen LogP contribution is 2.25. The predicted octanol–water partition coefficient (Wildman–Crippen LogP) is 2.70. The van der Waals surface area contributed by atoms with Crippen molar-refractivity contribution < 1.29 is 24.4 Å². The minimum absolute atomic E-state index is 0.0603. The number of carboxylic acids is 1. The number of carbonyl (C=O) groups excluding carboxylic acids is 1. The Morgan fingerprint density at radius 1 is 1.35 bits per heavy atom. The second kappa shape index (κ2) is 7.06. The molecule has 0 aromatic heterocycles. The summed E-state index contributed by atoms with van der Waals surface area (Å²) in [4.78, 5) is 33.7. The van der Waals surface area contributed by atoms with Gasteiger partial charge in [0.15, 0.2) is 0 Å². The largest absolute Gasteiger partial charge is 0.478 e. The maximum Gasteiger partial charge on any atom is 0.339 e. The van der Waals surface area contributed by atoms with Crippen LogP contribution in [0.15, 0.2) is 12.1 Å². The molecule has 1 aromatic carbocycles. The molecule has 122 valence electrons. The zero-order valence-electron chi connectivity index (χ0n) is 13.3. The number of nitro benzene ring substituents is 1. The maximum atomic E-state index is 12.0. The van der Waals surface area contributed by atoms with E-state index in [0.29, 0.717) is 0 Å². The van der Waals surface area contributed by atoms with Crippen molar-refractivity contribution in [3.63, 3.8) is 0 Å². The highest BCUT2D eigenvalue weighted by atomic mass is 28.3. The highest BCUT2D eigenvalue weighted by Gasteiger charge is 2.25. The van der Waals surface area contributed by atoms with Gasteiger partial charge in [-0.15, -0.1) is 5.54 Å². The summed E-state index contributed by atoms with van der Waals surface area (Å²) < 4.78 is 4.86. The molecular formula is C15H17NO6Si. The molecular weight excluding hydrogens is 318 g/mol. The molecule has 0 atom stereocenters. The van der Waals surface area contributed by atoms with Gasteiger partial charge < -0.3 is 9.84 Å². The molecule has 0 fully saturated rings. The van der Waals surface area contributed by atoms with Crippen LogP contribution in [0.1, 0.15) is 33.2 Å². The summed E-state index contributed by atoms with van der Waals surface area (Å²) in [6.07, 6.45) is 0. The van der Waals surface area contributed by atoms with Crippen molar-refractivity contribution in [3.05, 3.63) is 38.9 Å². The molecule has 1 N–H and O–H groups in total. The van der Waals surface area contributed by atoms with E-state index in [4.69, 9.17) is 9.84 Å². The Hall–Kier alpha value is -2.66. The van der Waals surface area contributed by atoms with E-state index >= 15 is 0 Å². The van der Waals surface area contributed by atoms with Crippen molar-refractivity contribution in [2.45, 2.75) is 26.6 Å². The van der Waals surface area contributed by atoms with Crippen LogP contribution in [-0.2, 0) is 4.74 Å². The lowest BCUT2D eigenvalue weighted by atomic mass is 10.0. The smallest absolute Gasteiger partial charge is 0.339 e. The fraction of sp³-hybridized carbons (Fsp3) is 0.333. The van der Waals surface area contributed by atoms with Crippen LogP contribution in [0.3, 0.4) is 0 Å². The first-order chi connectivity index (χ1) is 10.6. The van der Waals surface area contributed by atoms with E-state index in [2.05, 4.69) is 11.5 Å². The molecule has 0 aliphatic carbocycles. The Labute approximate surface area is 134 Å². The van der Waals surface area contributed by atoms with Gasteiger partial charge in [0, 0.05) is 6.07 Å². The number of hydrogen-bond donors (Lipinski definition) is 1. The number of carboxylic acid groups (broad SMARTS) is 1. The average Bonchev–Trinajstić information content (AvgIpc) is 2.43. The van der Waals surface area contributed by atoms with Crippen molar-refractivity contribution in [2.24, 2.45) is 0 Å². The van der Waals surface area contributed by atoms with Gasteiger partial charge in [0.25, 0.3) is 5.69 Å². The Bertz CT molecular complexity index is 724. The molecule has 0 saturated carbocycles. The number of aromatic carboxylic acids is 1. The number of benzene rings is 1. The Balaban J connectivity index is 3.72. The average molecular weight is 335 g/mol. The summed E-state index contributed by atoms with van der Waals surface area (Å²) in [5, 5.41) is 20.3. The van der Waals surface area contributed by atoms with Crippen molar-refractivity contribution in [2.75, 3.05) is 6.61 Å². The van der Waals surface area contributed by atoms with Gasteiger partial charge in [-0.05, 0) is 13.0 Å². The van der Waals surface area contributed by atoms with E-state index in [1.165, 1.54) is 0 Å². The fourth-order valence-corrected chi connectivity index (χ4v) is 2.15. The van der Waals surface area contributed by atoms with Gasteiger partial charge in [-0.2, -0.15) is 0 Å². The Morgan fingerprint density at radius 3 is 2.39 bits per heavy atom. The first-order valence-corrected chi connectivity index (χ1v) is 10.3. The van der Waals surface area contributed by atoms with Crippen LogP contribution >= 0.6 is 0 Å². The zero-order chi connectivity index (χ0) is 17.8. The van der Waals surface area contributed by atoms with Gasteiger partial charge in [0.05, 0.1) is 22.7 Å². The van der Waals surface area contributed by atoms with Crippen LogP contribution in [-0.4, -0.2) is 36.6 Å². The number of carbonyl (C=O) groups is 2. The summed E-state index contributed by atoms with van der Waals surface area (Å²) >= 11 is 0. The Kier molecular flexibility index (Phi) is 5.65. The molecule has 7 nitrogen and oxygen atoms in total. The van der Waals surface area contributed by atoms with E-state index in [1.807, 2.05) is 19.6 Å². The highest BCUT2D eigenvalue weighted by molar-refractivity contribution is 6.83. The monoisotopic (exact) mass is 335 g/mol. The molecule has 0 spiro atoms. The second-order valence-electron chi connectivity index (χ2n) is 5.70. The molecule has 0 unspecified atom stereocenters. The van der Waals surface area contributed by atoms with Gasteiger partial charge in [0.1, 0.15) is 13.6 Å². The molecule has 1 aromatic rings. The first-order valence-electron chi connectivity index (χ1n) is 6.83. The Morgan fingerprint density at radius 2 is 1.96 bits per heavy atom. The number of nitrogens with zero attached hydrogens (tertiary/aromatic N) is 1. The number of ether oxygens (including phenoxy) is 1. The topological polar surface area (TPSA) is 107 Å². The molecule has 0 heterocycles. The summed E-state index contributed by atoms with van der Waals surface area (Å²) in [5.74, 6) is 0.478. The normalized spacial score (nSPS) is 10.4. The van der Waals surface area contributed by atoms with Gasteiger partial charge in [-0.25, -0.2) is 9.59 Å². The molecule has 0 amide bonds. The third kappa shape index (κ3) is 4.93. The lowest BCUT2D eigenvalue weighted by molar-refractivity contribution is -0.385. The molecule has 8 heteroatoms. The van der Waals surface area contributed by atoms with Crippen LogP contribution in [0, 0.1) is 21.6 Å². The van der Waals surface area contributed by atoms with Gasteiger partial charge in [-0.3, -0.25) is 10.1 Å². The van der Waals surface area contributed by atoms with E-state index in [9.17, 15) is 19.7 Å². The van der Waals surface area contributed by atoms with Crippen molar-refractivity contribution in [1.29, 1.82) is 0 Å². The molecule has 1 rings (SSSR count). The number of hydrogen-bond acceptors (Lipinski definition) is 5. The van der Waals surface area contributed by atoms with Crippen LogP contribution in [0.4, 0.5) is 5.69 Å². The molecule has 0 bridgehead atoms. The van der Waals surface area contributed by atoms with E-state index in [-0.39, 0.29) is 23.3 Å². The number of esters is 1. The van der Waals surface area contributed by atoms with Gasteiger partial charge in [-0.1, -0.05) is 25.6 Å². The zero-order valence-corrected chi connectivity index (χ0v) is 14.3. The predicted molar refractivity (Wildman–Crippen MR) is 86.2 cm³/mol. The molecule has 23 heavy (non-hydrogen) atoms. The van der Waals surface area contributed by atoms with E-state index in [0.717, 1.165) is 12.1 Å². The standard InChI is InChI=1S/C15H17NO6Si/c1-5-22-15(19)12-8-10(14(17)18)9-13(16(20)21)11(12)6-7-23(2,3)4/h8-9H,5H2,1-4H3,(H,17,18). The van der Waals surface area contributed by atoms with Crippen LogP contribution < -0.4 is 0 Å². The lowest BCUT2D eigenvalue weighted by Gasteiger charge is -2.08. The molecule has 0 aliphatic heterocycles. The van der Waals surface area contributed by atoms with Crippen LogP contribution in [0.2, 0.25) is 19.6 Å². The summed E-state index contributed by atoms with van der Waals surface area (Å²) in [6.45, 7) is 7.48. The van der Waals surface area contributed by atoms with Gasteiger partial charge >= 0.3 is 11.9 Å². The van der Waals surface area contributed by atoms with Crippen molar-refractivity contribution in [1.82, 2.24) is 0 Å². The second-order valence-corrected chi connectivity index (χ2v) is 10.5. The van der Waals surface area contributed by atoms with Crippen LogP contribution in [0.25, 0.3) is 0 Å². The molecule has 0 aliphatic rings. The van der Waals surface area contributed by atoms with Gasteiger partial charge in [0.2, 0.25) is 0 Å². The fourth-order valence-electron chi connectivity index (χ4n) is 1.65. The SMILES string of the molecule is CCOC(=O)c1cc(C(=O)O)cc([N+](=O)[O-])c1C#C[Si](C)(C)C. The molecule has 0 saturated heterocycles. The number of rotatable bonds is 4. The van der Waals surface area contributed by atoms with E-state index < -0.39 is 30.6 Å². The maximum absolute atomic E-state index is 12.0. The first kappa shape index (κ1) is 18.4. The quantitative estimate of drug-likeness (QED) is 0.298. The minimum Gasteiger partial charge on any atom is -0.478 e. The van der Waals surface area contributed by atoms with Crippen molar-refractivity contribution in [3.8, 4) is 11.5 Å². The lowest BCUT2D eigenvalue weighted by Crippen LogP contribution is -2.17. The van der Waals surface area contributed by atoms with Crippen LogP contribution in [0.5, 0.6) is 0 Å². The van der Waals surface area contributed by atoms with Crippen molar-refractivity contribution >= 4 is 25.7 Å².